The molecule has 29 heavy (non-hydrogen) atoms. The van der Waals surface area contributed by atoms with E-state index in [1.54, 1.807) is 7.05 Å². The molecule has 3 N–H and O–H groups in total. The maximum absolute atomic E-state index is 9.61. The molecular weight excluding hydrogens is 479 g/mol. The topological polar surface area (TPSA) is 69.1 Å². The Labute approximate surface area is 193 Å². The molecule has 0 spiro atoms. The summed E-state index contributed by atoms with van der Waals surface area (Å²) in [5.41, 5.74) is 2.56. The SMILES string of the molecule is CCCCOCCCNC(=NC)NCc1ccc(CN2CCC(O)CC2)cc1.I. The highest BCUT2D eigenvalue weighted by Gasteiger charge is 2.16. The lowest BCUT2D eigenvalue weighted by molar-refractivity contribution is 0.0792. The summed E-state index contributed by atoms with van der Waals surface area (Å²) >= 11 is 0. The molecule has 0 aromatic heterocycles. The molecule has 0 bridgehead atoms. The molecule has 0 aliphatic carbocycles. The quantitative estimate of drug-likeness (QED) is 0.182. The Hall–Kier alpha value is -0.900. The third-order valence-electron chi connectivity index (χ3n) is 5.07. The number of guanidine groups is 1. The van der Waals surface area contributed by atoms with Crippen LogP contribution in [0.3, 0.4) is 0 Å². The molecule has 1 fully saturated rings. The molecule has 0 radical (unpaired) electrons. The molecule has 7 heteroatoms. The number of aliphatic hydroxyl groups is 1. The number of rotatable bonds is 11. The zero-order valence-electron chi connectivity index (χ0n) is 18.0. The van der Waals surface area contributed by atoms with Crippen LogP contribution < -0.4 is 10.6 Å². The van der Waals surface area contributed by atoms with Crippen LogP contribution in [0.4, 0.5) is 0 Å². The molecule has 1 aromatic carbocycles. The first-order chi connectivity index (χ1) is 13.7. The van der Waals surface area contributed by atoms with Crippen molar-refractivity contribution in [2.45, 2.75) is 58.2 Å². The molecule has 1 saturated heterocycles. The van der Waals surface area contributed by atoms with Gasteiger partial charge in [0.1, 0.15) is 0 Å². The van der Waals surface area contributed by atoms with Gasteiger partial charge in [0, 0.05) is 53.0 Å². The molecule has 1 aromatic rings. The summed E-state index contributed by atoms with van der Waals surface area (Å²) in [5, 5.41) is 16.3. The van der Waals surface area contributed by atoms with Gasteiger partial charge in [-0.05, 0) is 36.8 Å². The molecule has 6 nitrogen and oxygen atoms in total. The van der Waals surface area contributed by atoms with Crippen LogP contribution >= 0.6 is 24.0 Å². The molecule has 0 saturated carbocycles. The number of hydrogen-bond acceptors (Lipinski definition) is 4. The summed E-state index contributed by atoms with van der Waals surface area (Å²) < 4.78 is 5.57. The maximum Gasteiger partial charge on any atom is 0.191 e. The summed E-state index contributed by atoms with van der Waals surface area (Å²) in [6.07, 6.45) is 4.96. The molecule has 1 heterocycles. The Bertz CT molecular complexity index is 560. The van der Waals surface area contributed by atoms with E-state index in [0.29, 0.717) is 0 Å². The number of benzene rings is 1. The van der Waals surface area contributed by atoms with Crippen LogP contribution in [0.25, 0.3) is 0 Å². The number of ether oxygens (including phenoxy) is 1. The second-order valence-electron chi connectivity index (χ2n) is 7.50. The summed E-state index contributed by atoms with van der Waals surface area (Å²) in [7, 11) is 1.80. The zero-order chi connectivity index (χ0) is 20.0. The van der Waals surface area contributed by atoms with Gasteiger partial charge in [0.15, 0.2) is 5.96 Å². The van der Waals surface area contributed by atoms with Gasteiger partial charge in [-0.15, -0.1) is 24.0 Å². The summed E-state index contributed by atoms with van der Waals surface area (Å²) in [6.45, 7) is 8.36. The minimum Gasteiger partial charge on any atom is -0.393 e. The van der Waals surface area contributed by atoms with E-state index in [1.807, 2.05) is 0 Å². The third-order valence-corrected chi connectivity index (χ3v) is 5.07. The number of piperidine rings is 1. The molecule has 1 aliphatic rings. The minimum atomic E-state index is -0.110. The second kappa shape index (κ2) is 15.9. The zero-order valence-corrected chi connectivity index (χ0v) is 20.4. The largest absolute Gasteiger partial charge is 0.393 e. The van der Waals surface area contributed by atoms with Crippen molar-refractivity contribution in [3.05, 3.63) is 35.4 Å². The van der Waals surface area contributed by atoms with Crippen molar-refractivity contribution in [2.75, 3.05) is 39.9 Å². The normalized spacial score (nSPS) is 15.8. The van der Waals surface area contributed by atoms with E-state index in [4.69, 9.17) is 4.74 Å². The van der Waals surface area contributed by atoms with Gasteiger partial charge in [0.2, 0.25) is 0 Å². The van der Waals surface area contributed by atoms with Crippen LogP contribution in [0.15, 0.2) is 29.3 Å². The van der Waals surface area contributed by atoms with Gasteiger partial charge in [-0.25, -0.2) is 0 Å². The van der Waals surface area contributed by atoms with Crippen molar-refractivity contribution in [1.29, 1.82) is 0 Å². The number of nitrogens with zero attached hydrogens (tertiary/aromatic N) is 2. The fourth-order valence-corrected chi connectivity index (χ4v) is 3.23. The number of unbranched alkanes of at least 4 members (excludes halogenated alkanes) is 1. The number of hydrogen-bond donors (Lipinski definition) is 3. The standard InChI is InChI=1S/C22H38N4O2.HI/c1-3-4-15-28-16-5-12-24-22(23-2)25-17-19-6-8-20(9-7-19)18-26-13-10-21(27)11-14-26;/h6-9,21,27H,3-5,10-18H2,1-2H3,(H2,23,24,25);1H. The van der Waals surface area contributed by atoms with Gasteiger partial charge in [-0.1, -0.05) is 37.6 Å². The molecule has 166 valence electrons. The van der Waals surface area contributed by atoms with Crippen molar-refractivity contribution < 1.29 is 9.84 Å². The van der Waals surface area contributed by atoms with E-state index >= 15 is 0 Å². The fourth-order valence-electron chi connectivity index (χ4n) is 3.23. The van der Waals surface area contributed by atoms with Gasteiger partial charge in [0.05, 0.1) is 6.10 Å². The smallest absolute Gasteiger partial charge is 0.191 e. The molecule has 2 rings (SSSR count). The number of aliphatic imine (C=N–C) groups is 1. The average molecular weight is 518 g/mol. The van der Waals surface area contributed by atoms with E-state index in [0.717, 1.165) is 77.6 Å². The van der Waals surface area contributed by atoms with Crippen molar-refractivity contribution in [1.82, 2.24) is 15.5 Å². The van der Waals surface area contributed by atoms with E-state index in [-0.39, 0.29) is 30.1 Å². The monoisotopic (exact) mass is 518 g/mol. The number of nitrogens with one attached hydrogen (secondary N) is 2. The Morgan fingerprint density at radius 3 is 2.41 bits per heavy atom. The molecule has 1 aliphatic heterocycles. The van der Waals surface area contributed by atoms with Crippen LogP contribution in [0.5, 0.6) is 0 Å². The lowest BCUT2D eigenvalue weighted by atomic mass is 10.1. The predicted molar refractivity (Wildman–Crippen MR) is 131 cm³/mol. The molecular formula is C22H39IN4O2. The Kier molecular flexibility index (Phi) is 14.3. The van der Waals surface area contributed by atoms with Gasteiger partial charge >= 0.3 is 0 Å². The van der Waals surface area contributed by atoms with Crippen LogP contribution in [0, 0.1) is 0 Å². The lowest BCUT2D eigenvalue weighted by Crippen LogP contribution is -2.37. The lowest BCUT2D eigenvalue weighted by Gasteiger charge is -2.29. The van der Waals surface area contributed by atoms with E-state index in [2.05, 4.69) is 51.7 Å². The Morgan fingerprint density at radius 2 is 1.76 bits per heavy atom. The van der Waals surface area contributed by atoms with Crippen molar-refractivity contribution in [3.63, 3.8) is 0 Å². The number of likely N-dealkylation sites (tertiary alicyclic amines) is 1. The van der Waals surface area contributed by atoms with E-state index in [9.17, 15) is 5.11 Å². The van der Waals surface area contributed by atoms with Gasteiger partial charge < -0.3 is 20.5 Å². The first-order valence-electron chi connectivity index (χ1n) is 10.7. The van der Waals surface area contributed by atoms with Gasteiger partial charge in [-0.2, -0.15) is 0 Å². The second-order valence-corrected chi connectivity index (χ2v) is 7.50. The highest BCUT2D eigenvalue weighted by atomic mass is 127. The van der Waals surface area contributed by atoms with E-state index < -0.39 is 0 Å². The molecule has 0 atom stereocenters. The third kappa shape index (κ3) is 11.2. The van der Waals surface area contributed by atoms with Crippen LogP contribution in [0.2, 0.25) is 0 Å². The van der Waals surface area contributed by atoms with Gasteiger partial charge in [-0.3, -0.25) is 9.89 Å². The van der Waals surface area contributed by atoms with E-state index in [1.165, 1.54) is 17.5 Å². The first-order valence-corrected chi connectivity index (χ1v) is 10.7. The van der Waals surface area contributed by atoms with Crippen LogP contribution in [-0.2, 0) is 17.8 Å². The first kappa shape index (κ1) is 26.1. The Balaban J connectivity index is 0.00000420. The maximum atomic E-state index is 9.61. The fraction of sp³-hybridized carbons (Fsp3) is 0.682. The summed E-state index contributed by atoms with van der Waals surface area (Å²) in [5.74, 6) is 0.824. The van der Waals surface area contributed by atoms with Crippen molar-refractivity contribution in [3.8, 4) is 0 Å². The molecule has 0 amide bonds. The molecule has 0 unspecified atom stereocenters. The van der Waals surface area contributed by atoms with Crippen molar-refractivity contribution >= 4 is 29.9 Å². The number of aliphatic hydroxyl groups excluding tert-OH is 1. The highest BCUT2D eigenvalue weighted by molar-refractivity contribution is 14.0. The summed E-state index contributed by atoms with van der Waals surface area (Å²) in [6, 6.07) is 8.75. The minimum absolute atomic E-state index is 0. The van der Waals surface area contributed by atoms with Crippen LogP contribution in [0.1, 0.15) is 50.2 Å². The van der Waals surface area contributed by atoms with Crippen LogP contribution in [-0.4, -0.2) is 62.0 Å². The predicted octanol–water partition coefficient (Wildman–Crippen LogP) is 3.13. The highest BCUT2D eigenvalue weighted by Crippen LogP contribution is 2.14. The van der Waals surface area contributed by atoms with Gasteiger partial charge in [0.25, 0.3) is 0 Å². The summed E-state index contributed by atoms with van der Waals surface area (Å²) in [4.78, 5) is 6.69. The number of halogens is 1. The average Bonchev–Trinajstić information content (AvgIpc) is 2.72. The van der Waals surface area contributed by atoms with Crippen molar-refractivity contribution in [2.24, 2.45) is 4.99 Å². The Morgan fingerprint density at radius 1 is 1.10 bits per heavy atom.